The molecule has 0 aromatic heterocycles. The third-order valence-electron chi connectivity index (χ3n) is 5.21. The summed E-state index contributed by atoms with van der Waals surface area (Å²) in [5.74, 6) is 0. The predicted octanol–water partition coefficient (Wildman–Crippen LogP) is 2.54. The summed E-state index contributed by atoms with van der Waals surface area (Å²) in [6, 6.07) is 8.55. The summed E-state index contributed by atoms with van der Waals surface area (Å²) in [7, 11) is 2.19. The Morgan fingerprint density at radius 1 is 1.08 bits per heavy atom. The van der Waals surface area contributed by atoms with Gasteiger partial charge in [-0.3, -0.25) is 0 Å². The maximum absolute atomic E-state index is 12.0. The van der Waals surface area contributed by atoms with Crippen molar-refractivity contribution in [3.05, 3.63) is 29.8 Å². The van der Waals surface area contributed by atoms with Crippen LogP contribution in [0.1, 0.15) is 31.2 Å². The lowest BCUT2D eigenvalue weighted by Gasteiger charge is -2.32. The molecule has 2 aliphatic rings. The van der Waals surface area contributed by atoms with Gasteiger partial charge in [0.2, 0.25) is 0 Å². The van der Waals surface area contributed by atoms with Gasteiger partial charge in [0.25, 0.3) is 0 Å². The van der Waals surface area contributed by atoms with Crippen molar-refractivity contribution in [2.75, 3.05) is 45.1 Å². The minimum Gasteiger partial charge on any atom is -0.335 e. The Hall–Kier alpha value is -1.59. The zero-order valence-corrected chi connectivity index (χ0v) is 14.8. The highest BCUT2D eigenvalue weighted by Crippen LogP contribution is 2.18. The number of hydrogen-bond donors (Lipinski definition) is 2. The molecular weight excluding hydrogens is 300 g/mol. The first kappa shape index (κ1) is 17.2. The molecule has 0 unspecified atom stereocenters. The molecule has 5 nitrogen and oxygen atoms in total. The summed E-state index contributed by atoms with van der Waals surface area (Å²) in [6.45, 7) is 5.77. The summed E-state index contributed by atoms with van der Waals surface area (Å²) in [5, 5.41) is 5.99. The fourth-order valence-corrected chi connectivity index (χ4v) is 3.54. The molecule has 1 aliphatic carbocycles. The Labute approximate surface area is 145 Å². The molecule has 5 heteroatoms. The average molecular weight is 330 g/mol. The second kappa shape index (κ2) is 8.49. The molecule has 1 heterocycles. The lowest BCUT2D eigenvalue weighted by molar-refractivity contribution is 0.155. The largest absolute Gasteiger partial charge is 0.335 e. The fraction of sp³-hybridized carbons (Fsp3) is 0.632. The van der Waals surface area contributed by atoms with Crippen molar-refractivity contribution in [3.63, 3.8) is 0 Å². The summed E-state index contributed by atoms with van der Waals surface area (Å²) >= 11 is 0. The van der Waals surface area contributed by atoms with E-state index in [9.17, 15) is 4.79 Å². The molecular formula is C19H30N4O. The van der Waals surface area contributed by atoms with Crippen molar-refractivity contribution in [1.82, 2.24) is 15.1 Å². The van der Waals surface area contributed by atoms with Crippen molar-refractivity contribution in [2.45, 2.75) is 38.1 Å². The number of nitrogens with one attached hydrogen (secondary N) is 2. The number of nitrogens with zero attached hydrogens (tertiary/aromatic N) is 2. The zero-order valence-electron chi connectivity index (χ0n) is 14.8. The number of urea groups is 1. The number of amides is 2. The van der Waals surface area contributed by atoms with E-state index in [0.717, 1.165) is 44.6 Å². The molecule has 0 radical (unpaired) electrons. The van der Waals surface area contributed by atoms with Gasteiger partial charge in [0.05, 0.1) is 0 Å². The van der Waals surface area contributed by atoms with E-state index in [0.29, 0.717) is 6.04 Å². The van der Waals surface area contributed by atoms with Crippen LogP contribution in [0.25, 0.3) is 0 Å². The number of piperazine rings is 1. The molecule has 0 bridgehead atoms. The molecule has 1 aromatic carbocycles. The van der Waals surface area contributed by atoms with Gasteiger partial charge in [0, 0.05) is 44.5 Å². The van der Waals surface area contributed by atoms with Crippen LogP contribution >= 0.6 is 0 Å². The fourth-order valence-electron chi connectivity index (χ4n) is 3.54. The van der Waals surface area contributed by atoms with Crippen LogP contribution < -0.4 is 10.6 Å². The topological polar surface area (TPSA) is 47.6 Å². The number of rotatable bonds is 5. The normalized spacial score (nSPS) is 20.2. The van der Waals surface area contributed by atoms with Gasteiger partial charge in [-0.05, 0) is 44.0 Å². The summed E-state index contributed by atoms with van der Waals surface area (Å²) in [5.41, 5.74) is 2.20. The monoisotopic (exact) mass is 330 g/mol. The lowest BCUT2D eigenvalue weighted by atomic mass is 10.1. The molecule has 1 aliphatic heterocycles. The molecule has 0 atom stereocenters. The number of carbonyl (C=O) groups is 1. The first-order chi connectivity index (χ1) is 11.7. The van der Waals surface area contributed by atoms with Gasteiger partial charge in [0.1, 0.15) is 0 Å². The van der Waals surface area contributed by atoms with Crippen LogP contribution in [0.2, 0.25) is 0 Å². The second-order valence-corrected chi connectivity index (χ2v) is 7.17. The maximum atomic E-state index is 12.0. The minimum absolute atomic E-state index is 0.0768. The highest BCUT2D eigenvalue weighted by Gasteiger charge is 2.17. The van der Waals surface area contributed by atoms with Crippen LogP contribution in [-0.2, 0) is 6.42 Å². The molecule has 1 aromatic rings. The Kier molecular flexibility index (Phi) is 6.10. The third kappa shape index (κ3) is 5.21. The van der Waals surface area contributed by atoms with Crippen LogP contribution in [0.5, 0.6) is 0 Å². The molecule has 2 fully saturated rings. The van der Waals surface area contributed by atoms with E-state index in [1.165, 1.54) is 31.5 Å². The highest BCUT2D eigenvalue weighted by molar-refractivity contribution is 5.89. The quantitative estimate of drug-likeness (QED) is 0.872. The number of anilines is 1. The van der Waals surface area contributed by atoms with E-state index in [1.807, 2.05) is 12.1 Å². The SMILES string of the molecule is CN1CCN(CCc2ccc(NC(=O)NC3CCCC3)cc2)CC1. The summed E-state index contributed by atoms with van der Waals surface area (Å²) < 4.78 is 0. The smallest absolute Gasteiger partial charge is 0.319 e. The van der Waals surface area contributed by atoms with Gasteiger partial charge in [-0.15, -0.1) is 0 Å². The first-order valence-corrected chi connectivity index (χ1v) is 9.26. The first-order valence-electron chi connectivity index (χ1n) is 9.26. The highest BCUT2D eigenvalue weighted by atomic mass is 16.2. The molecule has 1 saturated carbocycles. The Balaban J connectivity index is 1.40. The number of likely N-dealkylation sites (N-methyl/N-ethyl adjacent to an activating group) is 1. The van der Waals surface area contributed by atoms with Gasteiger partial charge in [0.15, 0.2) is 0 Å². The van der Waals surface area contributed by atoms with E-state index < -0.39 is 0 Å². The van der Waals surface area contributed by atoms with E-state index in [-0.39, 0.29) is 6.03 Å². The summed E-state index contributed by atoms with van der Waals surface area (Å²) in [4.78, 5) is 16.9. The van der Waals surface area contributed by atoms with Crippen LogP contribution in [0, 0.1) is 0 Å². The molecule has 24 heavy (non-hydrogen) atoms. The maximum Gasteiger partial charge on any atom is 0.319 e. The molecule has 2 amide bonds. The second-order valence-electron chi connectivity index (χ2n) is 7.17. The van der Waals surface area contributed by atoms with Crippen molar-refractivity contribution in [2.24, 2.45) is 0 Å². The lowest BCUT2D eigenvalue weighted by Crippen LogP contribution is -2.45. The van der Waals surface area contributed by atoms with E-state index in [4.69, 9.17) is 0 Å². The van der Waals surface area contributed by atoms with Crippen LogP contribution in [-0.4, -0.2) is 61.6 Å². The van der Waals surface area contributed by atoms with Gasteiger partial charge in [-0.1, -0.05) is 25.0 Å². The number of carbonyl (C=O) groups excluding carboxylic acids is 1. The third-order valence-corrected chi connectivity index (χ3v) is 5.21. The zero-order chi connectivity index (χ0) is 16.8. The van der Waals surface area contributed by atoms with E-state index in [2.05, 4.69) is 39.6 Å². The van der Waals surface area contributed by atoms with Gasteiger partial charge < -0.3 is 20.4 Å². The van der Waals surface area contributed by atoms with Gasteiger partial charge >= 0.3 is 6.03 Å². The molecule has 3 rings (SSSR count). The van der Waals surface area contributed by atoms with Crippen molar-refractivity contribution in [3.8, 4) is 0 Å². The van der Waals surface area contributed by atoms with Crippen molar-refractivity contribution < 1.29 is 4.79 Å². The Morgan fingerprint density at radius 2 is 1.75 bits per heavy atom. The van der Waals surface area contributed by atoms with Gasteiger partial charge in [-0.2, -0.15) is 0 Å². The molecule has 132 valence electrons. The van der Waals surface area contributed by atoms with Crippen molar-refractivity contribution in [1.29, 1.82) is 0 Å². The van der Waals surface area contributed by atoms with Crippen LogP contribution in [0.3, 0.4) is 0 Å². The van der Waals surface area contributed by atoms with Gasteiger partial charge in [-0.25, -0.2) is 4.79 Å². The van der Waals surface area contributed by atoms with E-state index >= 15 is 0 Å². The van der Waals surface area contributed by atoms with Crippen LogP contribution in [0.15, 0.2) is 24.3 Å². The van der Waals surface area contributed by atoms with Crippen molar-refractivity contribution >= 4 is 11.7 Å². The van der Waals surface area contributed by atoms with E-state index in [1.54, 1.807) is 0 Å². The molecule has 1 saturated heterocycles. The standard InChI is InChI=1S/C19H30N4O/c1-22-12-14-23(15-13-22)11-10-16-6-8-18(9-7-16)21-19(24)20-17-4-2-3-5-17/h6-9,17H,2-5,10-15H2,1H3,(H2,20,21,24). The molecule has 0 spiro atoms. The average Bonchev–Trinajstić information content (AvgIpc) is 3.08. The Morgan fingerprint density at radius 3 is 2.42 bits per heavy atom. The number of hydrogen-bond acceptors (Lipinski definition) is 3. The summed E-state index contributed by atoms with van der Waals surface area (Å²) in [6.07, 6.45) is 5.75. The predicted molar refractivity (Wildman–Crippen MR) is 98.5 cm³/mol. The Bertz CT molecular complexity index is 517. The van der Waals surface area contributed by atoms with Crippen LogP contribution in [0.4, 0.5) is 10.5 Å². The number of benzene rings is 1. The molecule has 2 N–H and O–H groups in total. The minimum atomic E-state index is -0.0768.